The number of aliphatic imine (C=N–C) groups is 1. The van der Waals surface area contributed by atoms with E-state index in [0.717, 1.165) is 17.3 Å². The Kier molecular flexibility index (Phi) is 3.00. The molecule has 2 rings (SSSR count). The molecule has 0 amide bonds. The van der Waals surface area contributed by atoms with Gasteiger partial charge in [0.2, 0.25) is 0 Å². The maximum absolute atomic E-state index is 4.57. The second-order valence-electron chi connectivity index (χ2n) is 3.98. The van der Waals surface area contributed by atoms with Crippen LogP contribution in [0.15, 0.2) is 17.4 Å². The largest absolute Gasteiger partial charge is 0.332 e. The second-order valence-corrected chi connectivity index (χ2v) is 5.40. The topological polar surface area (TPSA) is 42.2 Å². The number of nitrogens with one attached hydrogen (secondary N) is 1. The third-order valence-electron chi connectivity index (χ3n) is 2.28. The molecule has 15 heavy (non-hydrogen) atoms. The summed E-state index contributed by atoms with van der Waals surface area (Å²) in [5.41, 5.74) is 1.00. The minimum absolute atomic E-state index is 0.417. The first-order chi connectivity index (χ1) is 7.13. The molecule has 2 atom stereocenters. The van der Waals surface area contributed by atoms with Crippen molar-refractivity contribution in [1.29, 1.82) is 0 Å². The zero-order valence-corrected chi connectivity index (χ0v) is 10.1. The Morgan fingerprint density at radius 1 is 1.53 bits per heavy atom. The summed E-state index contributed by atoms with van der Waals surface area (Å²) in [5, 5.41) is 9.05. The lowest BCUT2D eigenvalue weighted by Crippen LogP contribution is -2.22. The van der Waals surface area contributed by atoms with Crippen molar-refractivity contribution in [1.82, 2.24) is 9.78 Å². The molecule has 2 heterocycles. The zero-order valence-electron chi connectivity index (χ0n) is 9.27. The van der Waals surface area contributed by atoms with Crippen LogP contribution in [0, 0.1) is 0 Å². The average molecular weight is 224 g/mol. The third kappa shape index (κ3) is 2.75. The maximum Gasteiger partial charge on any atom is 0.161 e. The average Bonchev–Trinajstić information content (AvgIpc) is 2.49. The van der Waals surface area contributed by atoms with Crippen LogP contribution in [-0.4, -0.2) is 26.2 Å². The summed E-state index contributed by atoms with van der Waals surface area (Å²) in [6.07, 6.45) is 4.92. The van der Waals surface area contributed by atoms with E-state index in [9.17, 15) is 0 Å². The van der Waals surface area contributed by atoms with Crippen LogP contribution in [0.3, 0.4) is 0 Å². The molecule has 1 N–H and O–H groups in total. The van der Waals surface area contributed by atoms with Gasteiger partial charge in [-0.2, -0.15) is 5.10 Å². The molecular weight excluding hydrogens is 208 g/mol. The summed E-state index contributed by atoms with van der Waals surface area (Å²) < 4.78 is 1.78. The number of amidine groups is 1. The van der Waals surface area contributed by atoms with Gasteiger partial charge >= 0.3 is 0 Å². The molecule has 0 aliphatic carbocycles. The highest BCUT2D eigenvalue weighted by Crippen LogP contribution is 2.25. The summed E-state index contributed by atoms with van der Waals surface area (Å²) in [4.78, 5) is 4.57. The van der Waals surface area contributed by atoms with E-state index in [-0.39, 0.29) is 0 Å². The van der Waals surface area contributed by atoms with Crippen molar-refractivity contribution in [3.63, 3.8) is 0 Å². The molecule has 0 radical (unpaired) electrons. The Balaban J connectivity index is 2.05. The van der Waals surface area contributed by atoms with E-state index >= 15 is 0 Å². The van der Waals surface area contributed by atoms with Gasteiger partial charge in [0.25, 0.3) is 0 Å². The molecule has 82 valence electrons. The van der Waals surface area contributed by atoms with E-state index in [1.807, 2.05) is 19.4 Å². The number of aryl methyl sites for hydroxylation is 1. The lowest BCUT2D eigenvalue weighted by atomic mass is 10.2. The number of aromatic nitrogens is 2. The van der Waals surface area contributed by atoms with E-state index in [2.05, 4.69) is 29.3 Å². The molecule has 0 fully saturated rings. The van der Waals surface area contributed by atoms with Crippen LogP contribution in [0.4, 0.5) is 5.69 Å². The van der Waals surface area contributed by atoms with Crippen molar-refractivity contribution in [3.05, 3.63) is 12.4 Å². The lowest BCUT2D eigenvalue weighted by molar-refractivity contribution is 0.661. The number of thioether (sulfide) groups is 1. The molecule has 4 nitrogen and oxygen atoms in total. The van der Waals surface area contributed by atoms with Crippen molar-refractivity contribution in [3.8, 4) is 0 Å². The molecule has 2 unspecified atom stereocenters. The van der Waals surface area contributed by atoms with E-state index in [1.54, 1.807) is 16.4 Å². The Morgan fingerprint density at radius 2 is 2.33 bits per heavy atom. The van der Waals surface area contributed by atoms with Crippen LogP contribution in [0.25, 0.3) is 0 Å². The summed E-state index contributed by atoms with van der Waals surface area (Å²) in [5.74, 6) is 0. The number of hydrogen-bond acceptors (Lipinski definition) is 4. The standard InChI is InChI=1S/C10H16N4S/c1-7-4-8(2)15-10(12-7)13-9-5-11-14(3)6-9/h5-8H,4H2,1-3H3,(H,12,13). The second kappa shape index (κ2) is 4.26. The summed E-state index contributed by atoms with van der Waals surface area (Å²) in [6.45, 7) is 4.39. The minimum Gasteiger partial charge on any atom is -0.332 e. The number of anilines is 1. The van der Waals surface area contributed by atoms with Crippen LogP contribution in [0.1, 0.15) is 20.3 Å². The van der Waals surface area contributed by atoms with Crippen molar-refractivity contribution in [2.24, 2.45) is 12.0 Å². The first-order valence-electron chi connectivity index (χ1n) is 5.13. The smallest absolute Gasteiger partial charge is 0.161 e. The predicted molar refractivity (Wildman–Crippen MR) is 65.4 cm³/mol. The van der Waals surface area contributed by atoms with Gasteiger partial charge in [0.05, 0.1) is 17.9 Å². The summed E-state index contributed by atoms with van der Waals surface area (Å²) in [7, 11) is 1.91. The summed E-state index contributed by atoms with van der Waals surface area (Å²) >= 11 is 1.80. The number of nitrogens with zero attached hydrogens (tertiary/aromatic N) is 3. The number of hydrogen-bond donors (Lipinski definition) is 1. The van der Waals surface area contributed by atoms with Gasteiger partial charge in [-0.05, 0) is 13.3 Å². The van der Waals surface area contributed by atoms with Crippen molar-refractivity contribution in [2.75, 3.05) is 5.32 Å². The normalized spacial score (nSPS) is 26.2. The molecule has 5 heteroatoms. The predicted octanol–water partition coefficient (Wildman–Crippen LogP) is 2.10. The Bertz CT molecular complexity index is 371. The molecule has 0 spiro atoms. The molecule has 1 aliphatic heterocycles. The SMILES string of the molecule is CC1CC(C)SC(Nc2cnn(C)c2)=N1. The van der Waals surface area contributed by atoms with Gasteiger partial charge in [0.1, 0.15) is 0 Å². The lowest BCUT2D eigenvalue weighted by Gasteiger charge is -2.22. The van der Waals surface area contributed by atoms with E-state index in [4.69, 9.17) is 0 Å². The van der Waals surface area contributed by atoms with E-state index in [1.165, 1.54) is 0 Å². The fourth-order valence-corrected chi connectivity index (χ4v) is 2.85. The van der Waals surface area contributed by atoms with E-state index < -0.39 is 0 Å². The van der Waals surface area contributed by atoms with Crippen LogP contribution in [0.5, 0.6) is 0 Å². The highest BCUT2D eigenvalue weighted by atomic mass is 32.2. The van der Waals surface area contributed by atoms with Crippen LogP contribution >= 0.6 is 11.8 Å². The van der Waals surface area contributed by atoms with Crippen molar-refractivity contribution in [2.45, 2.75) is 31.6 Å². The van der Waals surface area contributed by atoms with Gasteiger partial charge in [0, 0.05) is 18.5 Å². The van der Waals surface area contributed by atoms with E-state index in [0.29, 0.717) is 11.3 Å². The highest BCUT2D eigenvalue weighted by Gasteiger charge is 2.18. The van der Waals surface area contributed by atoms with Crippen LogP contribution in [0.2, 0.25) is 0 Å². The van der Waals surface area contributed by atoms with Gasteiger partial charge < -0.3 is 5.32 Å². The Morgan fingerprint density at radius 3 is 2.93 bits per heavy atom. The maximum atomic E-state index is 4.57. The molecule has 1 aromatic rings. The molecular formula is C10H16N4S. The Labute approximate surface area is 94.2 Å². The van der Waals surface area contributed by atoms with Gasteiger partial charge in [-0.25, -0.2) is 0 Å². The quantitative estimate of drug-likeness (QED) is 0.794. The van der Waals surface area contributed by atoms with Gasteiger partial charge in [-0.3, -0.25) is 9.67 Å². The third-order valence-corrected chi connectivity index (χ3v) is 3.31. The first-order valence-corrected chi connectivity index (χ1v) is 6.01. The molecule has 0 saturated carbocycles. The monoisotopic (exact) mass is 224 g/mol. The molecule has 0 bridgehead atoms. The minimum atomic E-state index is 0.417. The van der Waals surface area contributed by atoms with Crippen LogP contribution in [-0.2, 0) is 7.05 Å². The first kappa shape index (κ1) is 10.5. The fraction of sp³-hybridized carbons (Fsp3) is 0.600. The van der Waals surface area contributed by atoms with Crippen molar-refractivity contribution >= 4 is 22.6 Å². The molecule has 0 saturated heterocycles. The zero-order chi connectivity index (χ0) is 10.8. The summed E-state index contributed by atoms with van der Waals surface area (Å²) in [6, 6.07) is 0.417. The Hall–Kier alpha value is -0.970. The van der Waals surface area contributed by atoms with Gasteiger partial charge in [-0.15, -0.1) is 0 Å². The molecule has 1 aliphatic rings. The van der Waals surface area contributed by atoms with Gasteiger partial charge in [0.15, 0.2) is 5.17 Å². The van der Waals surface area contributed by atoms with Crippen molar-refractivity contribution < 1.29 is 0 Å². The number of rotatable bonds is 1. The fourth-order valence-electron chi connectivity index (χ4n) is 1.67. The van der Waals surface area contributed by atoms with Gasteiger partial charge in [-0.1, -0.05) is 18.7 Å². The molecule has 1 aromatic heterocycles. The highest BCUT2D eigenvalue weighted by molar-refractivity contribution is 8.14. The molecule has 0 aromatic carbocycles. The van der Waals surface area contributed by atoms with Crippen LogP contribution < -0.4 is 5.32 Å².